The summed E-state index contributed by atoms with van der Waals surface area (Å²) < 4.78 is 23.1. The van der Waals surface area contributed by atoms with Crippen LogP contribution in [0.25, 0.3) is 0 Å². The molecule has 0 fully saturated rings. The van der Waals surface area contributed by atoms with Gasteiger partial charge in [-0.1, -0.05) is 6.92 Å². The SMILES string of the molecule is CC[C@@H](C)NC(=O)NC(=O)COC(=O)COc1ccc(F)cc1Br. The van der Waals surface area contributed by atoms with Gasteiger partial charge in [0, 0.05) is 6.04 Å². The molecule has 0 saturated heterocycles. The van der Waals surface area contributed by atoms with Gasteiger partial charge in [0.15, 0.2) is 13.2 Å². The van der Waals surface area contributed by atoms with E-state index in [0.717, 1.165) is 0 Å². The van der Waals surface area contributed by atoms with Crippen LogP contribution in [0.4, 0.5) is 9.18 Å². The van der Waals surface area contributed by atoms with Crippen LogP contribution >= 0.6 is 15.9 Å². The Labute approximate surface area is 147 Å². The summed E-state index contributed by atoms with van der Waals surface area (Å²) in [5.41, 5.74) is 0. The molecule has 24 heavy (non-hydrogen) atoms. The second-order valence-corrected chi connectivity index (χ2v) is 5.71. The lowest BCUT2D eigenvalue weighted by molar-refractivity contribution is -0.150. The van der Waals surface area contributed by atoms with E-state index in [2.05, 4.69) is 26.0 Å². The number of imide groups is 1. The Bertz CT molecular complexity index is 612. The van der Waals surface area contributed by atoms with E-state index < -0.39 is 36.9 Å². The molecule has 2 N–H and O–H groups in total. The van der Waals surface area contributed by atoms with Crippen LogP contribution in [0.1, 0.15) is 20.3 Å². The molecule has 0 aliphatic carbocycles. The van der Waals surface area contributed by atoms with E-state index in [-0.39, 0.29) is 11.8 Å². The zero-order chi connectivity index (χ0) is 18.1. The fourth-order valence-electron chi connectivity index (χ4n) is 1.44. The summed E-state index contributed by atoms with van der Waals surface area (Å²) in [6, 6.07) is 2.97. The second kappa shape index (κ2) is 9.86. The molecule has 132 valence electrons. The summed E-state index contributed by atoms with van der Waals surface area (Å²) in [5, 5.41) is 4.57. The van der Waals surface area contributed by atoms with Gasteiger partial charge in [0.2, 0.25) is 0 Å². The number of nitrogens with one attached hydrogen (secondary N) is 2. The first-order valence-electron chi connectivity index (χ1n) is 7.15. The van der Waals surface area contributed by atoms with E-state index in [9.17, 15) is 18.8 Å². The minimum atomic E-state index is -0.802. The lowest BCUT2D eigenvalue weighted by atomic mass is 10.3. The number of carbonyl (C=O) groups is 3. The highest BCUT2D eigenvalue weighted by Gasteiger charge is 2.13. The van der Waals surface area contributed by atoms with Gasteiger partial charge in [0.05, 0.1) is 4.47 Å². The molecule has 0 unspecified atom stereocenters. The third-order valence-corrected chi connectivity index (χ3v) is 3.47. The number of halogens is 2. The Morgan fingerprint density at radius 3 is 2.62 bits per heavy atom. The van der Waals surface area contributed by atoms with Gasteiger partial charge in [0.1, 0.15) is 11.6 Å². The predicted octanol–water partition coefficient (Wildman–Crippen LogP) is 2.13. The summed E-state index contributed by atoms with van der Waals surface area (Å²) in [7, 11) is 0. The van der Waals surface area contributed by atoms with E-state index in [1.807, 2.05) is 12.2 Å². The van der Waals surface area contributed by atoms with Crippen LogP contribution in [0.2, 0.25) is 0 Å². The summed E-state index contributed by atoms with van der Waals surface area (Å²) in [6.07, 6.45) is 0.715. The first-order valence-corrected chi connectivity index (χ1v) is 7.95. The Balaban J connectivity index is 2.30. The molecule has 0 heterocycles. The molecule has 1 atom stereocenters. The number of amides is 3. The van der Waals surface area contributed by atoms with Crippen molar-refractivity contribution in [2.75, 3.05) is 13.2 Å². The number of hydrogen-bond acceptors (Lipinski definition) is 5. The lowest BCUT2D eigenvalue weighted by Crippen LogP contribution is -2.44. The molecule has 0 aromatic heterocycles. The van der Waals surface area contributed by atoms with Crippen LogP contribution < -0.4 is 15.4 Å². The fourth-order valence-corrected chi connectivity index (χ4v) is 1.91. The fraction of sp³-hybridized carbons (Fsp3) is 0.400. The molecular weight excluding hydrogens is 387 g/mol. The van der Waals surface area contributed by atoms with Gasteiger partial charge in [0.25, 0.3) is 5.91 Å². The lowest BCUT2D eigenvalue weighted by Gasteiger charge is -2.12. The Morgan fingerprint density at radius 2 is 2.00 bits per heavy atom. The van der Waals surface area contributed by atoms with Gasteiger partial charge in [-0.15, -0.1) is 0 Å². The van der Waals surface area contributed by atoms with E-state index >= 15 is 0 Å². The van der Waals surface area contributed by atoms with E-state index in [4.69, 9.17) is 4.74 Å². The molecular formula is C15H18BrFN2O5. The summed E-state index contributed by atoms with van der Waals surface area (Å²) in [4.78, 5) is 34.3. The molecule has 9 heteroatoms. The van der Waals surface area contributed by atoms with Crippen molar-refractivity contribution < 1.29 is 28.2 Å². The second-order valence-electron chi connectivity index (χ2n) is 4.86. The Morgan fingerprint density at radius 1 is 1.29 bits per heavy atom. The van der Waals surface area contributed by atoms with Crippen LogP contribution in [0.5, 0.6) is 5.75 Å². The molecule has 0 spiro atoms. The van der Waals surface area contributed by atoms with Gasteiger partial charge >= 0.3 is 12.0 Å². The molecule has 0 saturated carbocycles. The van der Waals surface area contributed by atoms with E-state index in [1.165, 1.54) is 18.2 Å². The van der Waals surface area contributed by atoms with Crippen LogP contribution in [-0.4, -0.2) is 37.2 Å². The van der Waals surface area contributed by atoms with Gasteiger partial charge in [-0.05, 0) is 47.5 Å². The first kappa shape index (κ1) is 19.9. The number of carbonyl (C=O) groups excluding carboxylic acids is 3. The zero-order valence-corrected chi connectivity index (χ0v) is 14.8. The molecule has 0 aliphatic rings. The van der Waals surface area contributed by atoms with Crippen molar-refractivity contribution in [2.45, 2.75) is 26.3 Å². The quantitative estimate of drug-likeness (QED) is 0.678. The average molecular weight is 405 g/mol. The number of ether oxygens (including phenoxy) is 2. The van der Waals surface area contributed by atoms with Crippen LogP contribution in [0, 0.1) is 5.82 Å². The van der Waals surface area contributed by atoms with Crippen molar-refractivity contribution in [2.24, 2.45) is 0 Å². The predicted molar refractivity (Wildman–Crippen MR) is 87.0 cm³/mol. The molecule has 0 radical (unpaired) electrons. The van der Waals surface area contributed by atoms with Crippen molar-refractivity contribution in [3.05, 3.63) is 28.5 Å². The monoisotopic (exact) mass is 404 g/mol. The van der Waals surface area contributed by atoms with Crippen molar-refractivity contribution in [3.8, 4) is 5.75 Å². The number of benzene rings is 1. The summed E-state index contributed by atoms with van der Waals surface area (Å²) in [5.74, 6) is -1.76. The maximum atomic E-state index is 12.9. The third-order valence-electron chi connectivity index (χ3n) is 2.85. The smallest absolute Gasteiger partial charge is 0.344 e. The van der Waals surface area contributed by atoms with Crippen molar-refractivity contribution in [3.63, 3.8) is 0 Å². The highest BCUT2D eigenvalue weighted by molar-refractivity contribution is 9.10. The van der Waals surface area contributed by atoms with E-state index in [1.54, 1.807) is 6.92 Å². The molecule has 1 aromatic carbocycles. The minimum Gasteiger partial charge on any atom is -0.481 e. The average Bonchev–Trinajstić information content (AvgIpc) is 2.51. The minimum absolute atomic E-state index is 0.0806. The van der Waals surface area contributed by atoms with Crippen LogP contribution in [0.3, 0.4) is 0 Å². The molecule has 1 aromatic rings. The molecule has 3 amide bonds. The van der Waals surface area contributed by atoms with Crippen LogP contribution in [0.15, 0.2) is 22.7 Å². The molecule has 0 bridgehead atoms. The number of urea groups is 1. The standard InChI is InChI=1S/C15H18BrFN2O5/c1-3-9(2)18-15(22)19-13(20)7-24-14(21)8-23-12-5-4-10(17)6-11(12)16/h4-6,9H,3,7-8H2,1-2H3,(H2,18,19,20,22)/t9-/m1/s1. The van der Waals surface area contributed by atoms with E-state index in [0.29, 0.717) is 10.9 Å². The Kier molecular flexibility index (Phi) is 8.17. The molecule has 0 aliphatic heterocycles. The number of esters is 1. The van der Waals surface area contributed by atoms with Crippen LogP contribution in [-0.2, 0) is 14.3 Å². The normalized spacial score (nSPS) is 11.3. The maximum Gasteiger partial charge on any atom is 0.344 e. The summed E-state index contributed by atoms with van der Waals surface area (Å²) in [6.45, 7) is 2.60. The maximum absolute atomic E-state index is 12.9. The zero-order valence-electron chi connectivity index (χ0n) is 13.2. The topological polar surface area (TPSA) is 93.7 Å². The first-order chi connectivity index (χ1) is 11.3. The molecule has 1 rings (SSSR count). The number of hydrogen-bond donors (Lipinski definition) is 2. The van der Waals surface area contributed by atoms with Gasteiger partial charge in [-0.3, -0.25) is 10.1 Å². The third kappa shape index (κ3) is 7.40. The largest absolute Gasteiger partial charge is 0.481 e. The van der Waals surface area contributed by atoms with Gasteiger partial charge < -0.3 is 14.8 Å². The summed E-state index contributed by atoms with van der Waals surface area (Å²) >= 11 is 3.09. The van der Waals surface area contributed by atoms with Gasteiger partial charge in [-0.25, -0.2) is 14.0 Å². The van der Waals surface area contributed by atoms with Crippen molar-refractivity contribution >= 4 is 33.8 Å². The van der Waals surface area contributed by atoms with Crippen molar-refractivity contribution in [1.82, 2.24) is 10.6 Å². The van der Waals surface area contributed by atoms with Crippen molar-refractivity contribution in [1.29, 1.82) is 0 Å². The Hall–Kier alpha value is -2.16. The van der Waals surface area contributed by atoms with Gasteiger partial charge in [-0.2, -0.15) is 0 Å². The highest BCUT2D eigenvalue weighted by Crippen LogP contribution is 2.25. The number of rotatable bonds is 7. The highest BCUT2D eigenvalue weighted by atomic mass is 79.9. The molecule has 7 nitrogen and oxygen atoms in total.